The highest BCUT2D eigenvalue weighted by Gasteiger charge is 2.12. The van der Waals surface area contributed by atoms with Crippen LogP contribution in [0.15, 0.2) is 52.7 Å². The van der Waals surface area contributed by atoms with Gasteiger partial charge in [-0.2, -0.15) is 0 Å². The number of benzene rings is 2. The summed E-state index contributed by atoms with van der Waals surface area (Å²) in [4.78, 5) is 16.7. The largest absolute Gasteiger partial charge is 0.493 e. The van der Waals surface area contributed by atoms with Crippen LogP contribution in [0.3, 0.4) is 0 Å². The number of sulfonamides is 1. The first kappa shape index (κ1) is 21.6. The third-order valence-corrected chi connectivity index (χ3v) is 5.76. The van der Waals surface area contributed by atoms with Crippen molar-refractivity contribution in [3.8, 4) is 11.5 Å². The Morgan fingerprint density at radius 3 is 2.43 bits per heavy atom. The van der Waals surface area contributed by atoms with Crippen molar-refractivity contribution in [2.45, 2.75) is 11.4 Å². The summed E-state index contributed by atoms with van der Waals surface area (Å²) >= 11 is 1.29. The Balaban J connectivity index is 1.61. The van der Waals surface area contributed by atoms with Gasteiger partial charge in [0.15, 0.2) is 16.6 Å². The van der Waals surface area contributed by atoms with Crippen LogP contribution >= 0.6 is 11.3 Å². The summed E-state index contributed by atoms with van der Waals surface area (Å²) in [5, 5.41) is 13.1. The average molecular weight is 449 g/mol. The highest BCUT2D eigenvalue weighted by atomic mass is 32.2. The summed E-state index contributed by atoms with van der Waals surface area (Å²) in [7, 11) is -0.631. The Morgan fingerprint density at radius 1 is 1.10 bits per heavy atom. The predicted molar refractivity (Wildman–Crippen MR) is 114 cm³/mol. The van der Waals surface area contributed by atoms with Crippen molar-refractivity contribution in [1.29, 1.82) is 0 Å². The lowest BCUT2D eigenvalue weighted by Crippen LogP contribution is -2.23. The van der Waals surface area contributed by atoms with Gasteiger partial charge in [-0.05, 0) is 29.8 Å². The number of nitrogens with zero attached hydrogens (tertiary/aromatic N) is 1. The van der Waals surface area contributed by atoms with Crippen molar-refractivity contribution in [3.63, 3.8) is 0 Å². The van der Waals surface area contributed by atoms with E-state index < -0.39 is 10.0 Å². The maximum atomic E-state index is 12.3. The van der Waals surface area contributed by atoms with E-state index in [0.717, 1.165) is 11.3 Å². The zero-order chi connectivity index (χ0) is 21.7. The molecule has 0 bridgehead atoms. The number of anilines is 2. The molecule has 0 aliphatic carbocycles. The van der Waals surface area contributed by atoms with Crippen LogP contribution in [0.1, 0.15) is 16.1 Å². The topological polar surface area (TPSA) is 133 Å². The monoisotopic (exact) mass is 448 g/mol. The molecule has 4 N–H and O–H groups in total. The van der Waals surface area contributed by atoms with E-state index in [0.29, 0.717) is 16.6 Å². The van der Waals surface area contributed by atoms with Crippen molar-refractivity contribution < 1.29 is 22.7 Å². The summed E-state index contributed by atoms with van der Waals surface area (Å²) in [6.07, 6.45) is 0. The molecule has 0 unspecified atom stereocenters. The van der Waals surface area contributed by atoms with Crippen LogP contribution in [0.2, 0.25) is 0 Å². The number of nitrogens with one attached hydrogen (secondary N) is 2. The normalized spacial score (nSPS) is 11.0. The molecule has 0 atom stereocenters. The lowest BCUT2D eigenvalue weighted by atomic mass is 10.2. The minimum Gasteiger partial charge on any atom is -0.493 e. The van der Waals surface area contributed by atoms with E-state index in [-0.39, 0.29) is 23.0 Å². The van der Waals surface area contributed by atoms with E-state index in [4.69, 9.17) is 14.6 Å². The molecule has 3 aromatic rings. The third kappa shape index (κ3) is 5.26. The Kier molecular flexibility index (Phi) is 6.55. The predicted octanol–water partition coefficient (Wildman–Crippen LogP) is 2.48. The molecule has 1 aromatic heterocycles. The standard InChI is InChI=1S/C19H20N4O5S2/c1-27-16-8-5-13(9-17(16)28-2)22-19-23-15(11-29-19)18(24)21-10-12-3-6-14(7-4-12)30(20,25)26/h3-9,11H,10H2,1-2H3,(H,21,24)(H,22,23)(H2,20,25,26). The first-order valence-corrected chi connectivity index (χ1v) is 11.1. The van der Waals surface area contributed by atoms with Gasteiger partial charge in [-0.15, -0.1) is 11.3 Å². The van der Waals surface area contributed by atoms with E-state index in [1.165, 1.54) is 23.5 Å². The summed E-state index contributed by atoms with van der Waals surface area (Å²) in [5.74, 6) is 0.840. The number of carbonyl (C=O) groups is 1. The fourth-order valence-corrected chi connectivity index (χ4v) is 3.77. The second-order valence-electron chi connectivity index (χ2n) is 6.10. The van der Waals surface area contributed by atoms with Gasteiger partial charge in [0.2, 0.25) is 10.0 Å². The molecule has 30 heavy (non-hydrogen) atoms. The molecule has 0 aliphatic heterocycles. The number of hydrogen-bond acceptors (Lipinski definition) is 8. The highest BCUT2D eigenvalue weighted by molar-refractivity contribution is 7.89. The van der Waals surface area contributed by atoms with Crippen molar-refractivity contribution >= 4 is 38.1 Å². The van der Waals surface area contributed by atoms with E-state index >= 15 is 0 Å². The lowest BCUT2D eigenvalue weighted by molar-refractivity contribution is 0.0946. The molecule has 3 rings (SSSR count). The summed E-state index contributed by atoms with van der Waals surface area (Å²) in [5.41, 5.74) is 1.74. The molecule has 2 aromatic carbocycles. The Morgan fingerprint density at radius 2 is 1.80 bits per heavy atom. The number of amides is 1. The minimum absolute atomic E-state index is 0.0166. The summed E-state index contributed by atoms with van der Waals surface area (Å²) in [6, 6.07) is 11.3. The zero-order valence-electron chi connectivity index (χ0n) is 16.2. The third-order valence-electron chi connectivity index (χ3n) is 4.08. The van der Waals surface area contributed by atoms with Crippen LogP contribution < -0.4 is 25.2 Å². The number of thiazole rings is 1. The number of primary sulfonamides is 1. The fourth-order valence-electron chi connectivity index (χ4n) is 2.54. The number of aromatic nitrogens is 1. The number of nitrogens with two attached hydrogens (primary N) is 1. The van der Waals surface area contributed by atoms with Gasteiger partial charge in [0.05, 0.1) is 19.1 Å². The molecule has 0 radical (unpaired) electrons. The molecule has 9 nitrogen and oxygen atoms in total. The maximum Gasteiger partial charge on any atom is 0.271 e. The molecule has 1 amide bonds. The van der Waals surface area contributed by atoms with Gasteiger partial charge in [0, 0.05) is 23.7 Å². The molecule has 1 heterocycles. The molecule has 158 valence electrons. The zero-order valence-corrected chi connectivity index (χ0v) is 17.8. The Labute approximate surface area is 177 Å². The highest BCUT2D eigenvalue weighted by Crippen LogP contribution is 2.31. The van der Waals surface area contributed by atoms with E-state index in [1.54, 1.807) is 43.9 Å². The van der Waals surface area contributed by atoms with Crippen LogP contribution in [0.4, 0.5) is 10.8 Å². The van der Waals surface area contributed by atoms with Gasteiger partial charge in [0.25, 0.3) is 5.91 Å². The molecular weight excluding hydrogens is 428 g/mol. The molecule has 0 fully saturated rings. The van der Waals surface area contributed by atoms with Gasteiger partial charge < -0.3 is 20.1 Å². The van der Waals surface area contributed by atoms with Crippen LogP contribution in [0.5, 0.6) is 11.5 Å². The van der Waals surface area contributed by atoms with E-state index in [9.17, 15) is 13.2 Å². The summed E-state index contributed by atoms with van der Waals surface area (Å²) in [6.45, 7) is 0.222. The number of hydrogen-bond donors (Lipinski definition) is 3. The van der Waals surface area contributed by atoms with Gasteiger partial charge in [0.1, 0.15) is 5.69 Å². The average Bonchev–Trinajstić information content (AvgIpc) is 3.20. The first-order valence-electron chi connectivity index (χ1n) is 8.64. The smallest absolute Gasteiger partial charge is 0.271 e. The second-order valence-corrected chi connectivity index (χ2v) is 8.52. The van der Waals surface area contributed by atoms with Gasteiger partial charge in [-0.3, -0.25) is 4.79 Å². The van der Waals surface area contributed by atoms with Crippen molar-refractivity contribution in [1.82, 2.24) is 10.3 Å². The van der Waals surface area contributed by atoms with Crippen molar-refractivity contribution in [3.05, 3.63) is 59.1 Å². The first-order chi connectivity index (χ1) is 14.3. The van der Waals surface area contributed by atoms with Crippen LogP contribution in [0, 0.1) is 0 Å². The lowest BCUT2D eigenvalue weighted by Gasteiger charge is -2.09. The number of rotatable bonds is 8. The Hall–Kier alpha value is -3.15. The van der Waals surface area contributed by atoms with Gasteiger partial charge in [-0.1, -0.05) is 12.1 Å². The van der Waals surface area contributed by atoms with Crippen LogP contribution in [-0.2, 0) is 16.6 Å². The molecule has 0 saturated heterocycles. The van der Waals surface area contributed by atoms with Crippen LogP contribution in [-0.4, -0.2) is 33.5 Å². The summed E-state index contributed by atoms with van der Waals surface area (Å²) < 4.78 is 33.0. The van der Waals surface area contributed by atoms with Crippen molar-refractivity contribution in [2.75, 3.05) is 19.5 Å². The van der Waals surface area contributed by atoms with Gasteiger partial charge >= 0.3 is 0 Å². The Bertz CT molecular complexity index is 1140. The SMILES string of the molecule is COc1ccc(Nc2nc(C(=O)NCc3ccc(S(N)(=O)=O)cc3)cs2)cc1OC. The quantitative estimate of drug-likeness (QED) is 0.482. The van der Waals surface area contributed by atoms with Crippen LogP contribution in [0.25, 0.3) is 0 Å². The van der Waals surface area contributed by atoms with Gasteiger partial charge in [-0.25, -0.2) is 18.5 Å². The van der Waals surface area contributed by atoms with E-state index in [2.05, 4.69) is 15.6 Å². The van der Waals surface area contributed by atoms with Crippen molar-refractivity contribution in [2.24, 2.45) is 5.14 Å². The maximum absolute atomic E-state index is 12.3. The number of methoxy groups -OCH3 is 2. The minimum atomic E-state index is -3.74. The van der Waals surface area contributed by atoms with E-state index in [1.807, 2.05) is 6.07 Å². The molecule has 11 heteroatoms. The second kappa shape index (κ2) is 9.11. The number of carbonyl (C=O) groups excluding carboxylic acids is 1. The molecular formula is C19H20N4O5S2. The molecule has 0 aliphatic rings. The fraction of sp³-hybridized carbons (Fsp3) is 0.158. The molecule has 0 spiro atoms. The molecule has 0 saturated carbocycles. The number of ether oxygens (including phenoxy) is 2.